The summed E-state index contributed by atoms with van der Waals surface area (Å²) in [7, 11) is 0. The van der Waals surface area contributed by atoms with Crippen LogP contribution in [-0.2, 0) is 0 Å². The normalized spacial score (nSPS) is 22.9. The fourth-order valence-corrected chi connectivity index (χ4v) is 2.90. The summed E-state index contributed by atoms with van der Waals surface area (Å²) in [5, 5.41) is 0. The van der Waals surface area contributed by atoms with Crippen molar-refractivity contribution in [1.29, 1.82) is 0 Å². The average Bonchev–Trinajstić information content (AvgIpc) is 3.00. The van der Waals surface area contributed by atoms with Crippen molar-refractivity contribution in [2.45, 2.75) is 24.8 Å². The number of rotatable bonds is 2. The molecule has 0 spiro atoms. The van der Waals surface area contributed by atoms with Crippen LogP contribution in [0.15, 0.2) is 41.1 Å². The van der Waals surface area contributed by atoms with E-state index in [-0.39, 0.29) is 0 Å². The molecule has 2 aliphatic heterocycles. The van der Waals surface area contributed by atoms with E-state index in [9.17, 15) is 0 Å². The molecule has 2 heterocycles. The van der Waals surface area contributed by atoms with Gasteiger partial charge in [0.15, 0.2) is 0 Å². The Morgan fingerprint density at radius 1 is 1.25 bits per heavy atom. The number of fused-ring (bicyclic) bond motifs is 1. The lowest BCUT2D eigenvalue weighted by atomic mass is 10.2. The van der Waals surface area contributed by atoms with Crippen molar-refractivity contribution < 1.29 is 0 Å². The molecule has 3 heteroatoms. The Morgan fingerprint density at radius 3 is 2.75 bits per heavy atom. The van der Waals surface area contributed by atoms with Gasteiger partial charge in [-0.3, -0.25) is 0 Å². The molecule has 0 amide bonds. The van der Waals surface area contributed by atoms with Crippen molar-refractivity contribution in [3.63, 3.8) is 0 Å². The number of aryl methyl sites for hydroxylation is 1. The molecular formula is C13H16N2S. The van der Waals surface area contributed by atoms with Gasteiger partial charge in [-0.15, -0.1) is 0 Å². The van der Waals surface area contributed by atoms with E-state index in [2.05, 4.69) is 53.5 Å². The van der Waals surface area contributed by atoms with Gasteiger partial charge in [0.2, 0.25) is 0 Å². The zero-order chi connectivity index (χ0) is 11.1. The molecule has 1 unspecified atom stereocenters. The molecule has 1 saturated heterocycles. The largest absolute Gasteiger partial charge is 0.364 e. The summed E-state index contributed by atoms with van der Waals surface area (Å²) in [6, 6.07) is 9.34. The highest BCUT2D eigenvalue weighted by molar-refractivity contribution is 7.97. The molecular weight excluding hydrogens is 216 g/mol. The monoisotopic (exact) mass is 232 g/mol. The minimum Gasteiger partial charge on any atom is -0.364 e. The summed E-state index contributed by atoms with van der Waals surface area (Å²) in [4.78, 5) is 3.75. The Bertz CT molecular complexity index is 424. The molecule has 2 aliphatic rings. The summed E-state index contributed by atoms with van der Waals surface area (Å²) >= 11 is 1.84. The van der Waals surface area contributed by atoms with E-state index in [4.69, 9.17) is 0 Å². The third-order valence-corrected chi connectivity index (χ3v) is 4.24. The summed E-state index contributed by atoms with van der Waals surface area (Å²) in [5.74, 6) is 0. The smallest absolute Gasteiger partial charge is 0.0592 e. The standard InChI is InChI=1S/C13H16N2S/c1-10-3-5-13(6-4-10)16-15-9-12-8-14(12)7-11(15)2/h3-6,9,11H,7-8H2,1-2H3. The van der Waals surface area contributed by atoms with E-state index in [0.29, 0.717) is 6.04 Å². The predicted molar refractivity (Wildman–Crippen MR) is 68.0 cm³/mol. The van der Waals surface area contributed by atoms with E-state index in [0.717, 1.165) is 0 Å². The van der Waals surface area contributed by atoms with Crippen molar-refractivity contribution in [1.82, 2.24) is 9.21 Å². The average molecular weight is 232 g/mol. The summed E-state index contributed by atoms with van der Waals surface area (Å²) in [6.45, 7) is 6.76. The van der Waals surface area contributed by atoms with Gasteiger partial charge in [-0.2, -0.15) is 0 Å². The maximum atomic E-state index is 2.43. The quantitative estimate of drug-likeness (QED) is 0.572. The van der Waals surface area contributed by atoms with Crippen molar-refractivity contribution in [3.05, 3.63) is 41.7 Å². The first-order chi connectivity index (χ1) is 7.72. The number of hydrogen-bond acceptors (Lipinski definition) is 3. The number of benzene rings is 1. The van der Waals surface area contributed by atoms with Crippen LogP contribution in [0.2, 0.25) is 0 Å². The summed E-state index contributed by atoms with van der Waals surface area (Å²) < 4.78 is 2.38. The van der Waals surface area contributed by atoms with Gasteiger partial charge >= 0.3 is 0 Å². The van der Waals surface area contributed by atoms with Gasteiger partial charge < -0.3 is 9.21 Å². The van der Waals surface area contributed by atoms with Crippen LogP contribution in [0.25, 0.3) is 0 Å². The minimum absolute atomic E-state index is 0.595. The minimum atomic E-state index is 0.595. The fraction of sp³-hybridized carbons (Fsp3) is 0.385. The molecule has 3 rings (SSSR count). The van der Waals surface area contributed by atoms with Crippen LogP contribution < -0.4 is 0 Å². The first-order valence-electron chi connectivity index (χ1n) is 5.71. The molecule has 1 fully saturated rings. The molecule has 1 aromatic carbocycles. The Hall–Kier alpha value is -1.09. The van der Waals surface area contributed by atoms with Gasteiger partial charge in [-0.1, -0.05) is 17.7 Å². The lowest BCUT2D eigenvalue weighted by Gasteiger charge is -2.29. The molecule has 0 saturated carbocycles. The SMILES string of the molecule is Cc1ccc(SN2C=C3CN3CC2C)cc1. The van der Waals surface area contributed by atoms with Crippen molar-refractivity contribution in [3.8, 4) is 0 Å². The Morgan fingerprint density at radius 2 is 2.00 bits per heavy atom. The Labute approximate surface area is 101 Å². The van der Waals surface area contributed by atoms with E-state index < -0.39 is 0 Å². The number of nitrogens with zero attached hydrogens (tertiary/aromatic N) is 2. The number of hydrogen-bond donors (Lipinski definition) is 0. The second-order valence-electron chi connectivity index (χ2n) is 4.61. The fourth-order valence-electron chi connectivity index (χ4n) is 1.98. The van der Waals surface area contributed by atoms with Crippen LogP contribution in [0.5, 0.6) is 0 Å². The summed E-state index contributed by atoms with van der Waals surface area (Å²) in [5.41, 5.74) is 2.81. The molecule has 0 N–H and O–H groups in total. The van der Waals surface area contributed by atoms with Gasteiger partial charge in [0.1, 0.15) is 0 Å². The zero-order valence-electron chi connectivity index (χ0n) is 9.68. The summed E-state index contributed by atoms with van der Waals surface area (Å²) in [6.07, 6.45) is 2.29. The van der Waals surface area contributed by atoms with E-state index in [1.807, 2.05) is 11.9 Å². The molecule has 1 atom stereocenters. The van der Waals surface area contributed by atoms with Gasteiger partial charge in [0.25, 0.3) is 0 Å². The zero-order valence-corrected chi connectivity index (χ0v) is 10.5. The van der Waals surface area contributed by atoms with Crippen LogP contribution in [0, 0.1) is 6.92 Å². The molecule has 84 valence electrons. The first-order valence-corrected chi connectivity index (χ1v) is 6.48. The highest BCUT2D eigenvalue weighted by Crippen LogP contribution is 2.35. The molecule has 2 nitrogen and oxygen atoms in total. The van der Waals surface area contributed by atoms with Crippen LogP contribution in [0.3, 0.4) is 0 Å². The van der Waals surface area contributed by atoms with Crippen molar-refractivity contribution >= 4 is 11.9 Å². The van der Waals surface area contributed by atoms with Crippen LogP contribution in [0.4, 0.5) is 0 Å². The second-order valence-corrected chi connectivity index (χ2v) is 5.69. The lowest BCUT2D eigenvalue weighted by Crippen LogP contribution is -2.31. The molecule has 0 aromatic heterocycles. The molecule has 0 bridgehead atoms. The van der Waals surface area contributed by atoms with Gasteiger partial charge in [0.05, 0.1) is 18.3 Å². The maximum absolute atomic E-state index is 2.43. The van der Waals surface area contributed by atoms with Crippen LogP contribution >= 0.6 is 11.9 Å². The lowest BCUT2D eigenvalue weighted by molar-refractivity contribution is 0.372. The highest BCUT2D eigenvalue weighted by atomic mass is 32.2. The third-order valence-electron chi connectivity index (χ3n) is 3.08. The van der Waals surface area contributed by atoms with E-state index in [1.54, 1.807) is 0 Å². The van der Waals surface area contributed by atoms with Crippen LogP contribution in [-0.4, -0.2) is 28.3 Å². The first kappa shape index (κ1) is 10.1. The third kappa shape index (κ3) is 1.92. The van der Waals surface area contributed by atoms with Crippen molar-refractivity contribution in [2.24, 2.45) is 0 Å². The van der Waals surface area contributed by atoms with E-state index >= 15 is 0 Å². The van der Waals surface area contributed by atoms with Gasteiger partial charge in [0, 0.05) is 17.6 Å². The van der Waals surface area contributed by atoms with Crippen LogP contribution in [0.1, 0.15) is 12.5 Å². The molecule has 1 aromatic rings. The molecule has 0 aliphatic carbocycles. The highest BCUT2D eigenvalue weighted by Gasteiger charge is 2.33. The molecule has 0 radical (unpaired) electrons. The topological polar surface area (TPSA) is 6.25 Å². The molecule has 16 heavy (non-hydrogen) atoms. The predicted octanol–water partition coefficient (Wildman–Crippen LogP) is 2.86. The van der Waals surface area contributed by atoms with Gasteiger partial charge in [-0.05, 0) is 37.9 Å². The Kier molecular flexibility index (Phi) is 2.36. The van der Waals surface area contributed by atoms with E-state index in [1.165, 1.54) is 29.2 Å². The van der Waals surface area contributed by atoms with Gasteiger partial charge in [-0.25, -0.2) is 0 Å². The van der Waals surface area contributed by atoms with Crippen molar-refractivity contribution in [2.75, 3.05) is 13.1 Å². The Balaban J connectivity index is 1.74. The maximum Gasteiger partial charge on any atom is 0.0592 e. The second kappa shape index (κ2) is 3.74.